The van der Waals surface area contributed by atoms with Crippen LogP contribution >= 0.6 is 0 Å². The van der Waals surface area contributed by atoms with Crippen molar-refractivity contribution in [2.45, 2.75) is 39.5 Å². The molecule has 2 aliphatic rings. The zero-order valence-electron chi connectivity index (χ0n) is 16.0. The molecule has 1 aromatic rings. The van der Waals surface area contributed by atoms with Gasteiger partial charge in [0.25, 0.3) is 0 Å². The normalized spacial score (nSPS) is 24.1. The quantitative estimate of drug-likeness (QED) is 0.646. The summed E-state index contributed by atoms with van der Waals surface area (Å²) >= 11 is 0. The Morgan fingerprint density at radius 1 is 1.41 bits per heavy atom. The Hall–Kier alpha value is -2.69. The van der Waals surface area contributed by atoms with Crippen LogP contribution in [0, 0.1) is 11.3 Å². The molecule has 0 amide bonds. The first kappa shape index (κ1) is 19.1. The molecule has 1 heterocycles. The molecular formula is C22H25NO4. The molecule has 1 unspecified atom stereocenters. The lowest BCUT2D eigenvalue weighted by Gasteiger charge is -2.39. The third kappa shape index (κ3) is 3.72. The van der Waals surface area contributed by atoms with E-state index in [0.717, 1.165) is 5.70 Å². The molecule has 1 aliphatic heterocycles. The summed E-state index contributed by atoms with van der Waals surface area (Å²) in [5.41, 5.74) is 2.49. The maximum absolute atomic E-state index is 13.0. The first-order valence-corrected chi connectivity index (χ1v) is 9.11. The van der Waals surface area contributed by atoms with E-state index >= 15 is 0 Å². The van der Waals surface area contributed by atoms with Gasteiger partial charge in [0.15, 0.2) is 5.78 Å². The number of esters is 1. The van der Waals surface area contributed by atoms with Crippen LogP contribution in [0.4, 0.5) is 0 Å². The molecular weight excluding hydrogens is 342 g/mol. The summed E-state index contributed by atoms with van der Waals surface area (Å²) in [7, 11) is 0. The summed E-state index contributed by atoms with van der Waals surface area (Å²) in [5, 5.41) is 9.96. The Balaban J connectivity index is 2.15. The predicted molar refractivity (Wildman–Crippen MR) is 104 cm³/mol. The van der Waals surface area contributed by atoms with E-state index in [4.69, 9.17) is 4.74 Å². The molecule has 1 aliphatic carbocycles. The lowest BCUT2D eigenvalue weighted by molar-refractivity contribution is -0.145. The molecule has 1 aromatic carbocycles. The van der Waals surface area contributed by atoms with Gasteiger partial charge in [-0.25, -0.2) is 0 Å². The van der Waals surface area contributed by atoms with Crippen molar-refractivity contribution in [2.75, 3.05) is 6.61 Å². The zero-order valence-corrected chi connectivity index (χ0v) is 16.0. The van der Waals surface area contributed by atoms with E-state index in [1.807, 2.05) is 19.9 Å². The van der Waals surface area contributed by atoms with Crippen molar-refractivity contribution in [2.24, 2.45) is 16.3 Å². The van der Waals surface area contributed by atoms with Crippen LogP contribution in [0.1, 0.15) is 45.1 Å². The van der Waals surface area contributed by atoms with E-state index in [9.17, 15) is 14.7 Å². The molecule has 0 saturated heterocycles. The third-order valence-corrected chi connectivity index (χ3v) is 5.13. The number of hydrogen-bond donors (Lipinski definition) is 1. The Bertz CT molecular complexity index is 863. The molecule has 142 valence electrons. The number of rotatable bonds is 4. The van der Waals surface area contributed by atoms with Gasteiger partial charge < -0.3 is 9.84 Å². The summed E-state index contributed by atoms with van der Waals surface area (Å²) in [5.74, 6) is -1.54. The number of aromatic hydroxyl groups is 1. The van der Waals surface area contributed by atoms with Gasteiger partial charge in [-0.05, 0) is 36.5 Å². The van der Waals surface area contributed by atoms with Crippen LogP contribution in [0.3, 0.4) is 0 Å². The standard InChI is InChI=1S/C22H25NO4/c1-5-9-27-21(26)18-13(2)23-16-11-22(3,4)12-17(25)20(16)19(18)14-7-6-8-15(24)10-14/h5-8,10,18-19,24H,1,9,11-12H2,2-4H3/t18?,19-/m0/s1. The molecule has 0 saturated carbocycles. The second-order valence-corrected chi connectivity index (χ2v) is 8.02. The minimum Gasteiger partial charge on any atom is -0.508 e. The molecule has 2 atom stereocenters. The number of aliphatic imine (C=N–C) groups is 1. The molecule has 1 N–H and O–H groups in total. The van der Waals surface area contributed by atoms with Crippen LogP contribution in [-0.4, -0.2) is 29.2 Å². The molecule has 27 heavy (non-hydrogen) atoms. The fraction of sp³-hybridized carbons (Fsp3) is 0.409. The Morgan fingerprint density at radius 2 is 2.15 bits per heavy atom. The van der Waals surface area contributed by atoms with Gasteiger partial charge in [0.1, 0.15) is 18.3 Å². The Labute approximate surface area is 159 Å². The van der Waals surface area contributed by atoms with E-state index in [-0.39, 0.29) is 23.6 Å². The molecule has 3 rings (SSSR count). The van der Waals surface area contributed by atoms with E-state index in [1.165, 1.54) is 6.08 Å². The van der Waals surface area contributed by atoms with Crippen molar-refractivity contribution in [3.63, 3.8) is 0 Å². The second kappa shape index (κ2) is 7.14. The van der Waals surface area contributed by atoms with Crippen LogP contribution in [-0.2, 0) is 14.3 Å². The highest BCUT2D eigenvalue weighted by atomic mass is 16.5. The Morgan fingerprint density at radius 3 is 2.81 bits per heavy atom. The molecule has 0 radical (unpaired) electrons. The number of ketones is 1. The number of allylic oxidation sites excluding steroid dienone is 2. The highest BCUT2D eigenvalue weighted by Crippen LogP contribution is 2.48. The molecule has 0 bridgehead atoms. The fourth-order valence-electron chi connectivity index (χ4n) is 4.06. The van der Waals surface area contributed by atoms with Gasteiger partial charge in [-0.3, -0.25) is 14.6 Å². The monoisotopic (exact) mass is 367 g/mol. The summed E-state index contributed by atoms with van der Waals surface area (Å²) in [6, 6.07) is 6.72. The summed E-state index contributed by atoms with van der Waals surface area (Å²) in [4.78, 5) is 30.5. The number of carbonyl (C=O) groups is 2. The van der Waals surface area contributed by atoms with Crippen LogP contribution in [0.2, 0.25) is 0 Å². The SMILES string of the molecule is C=CCOC(=O)C1C(C)=NC2=C(C(=O)CC(C)(C)C2)[C@H]1c1cccc(O)c1. The largest absolute Gasteiger partial charge is 0.508 e. The average molecular weight is 367 g/mol. The van der Waals surface area contributed by atoms with E-state index in [0.29, 0.717) is 29.7 Å². The number of phenols is 1. The van der Waals surface area contributed by atoms with Crippen molar-refractivity contribution in [1.82, 2.24) is 0 Å². The van der Waals surface area contributed by atoms with Crippen molar-refractivity contribution in [3.05, 3.63) is 53.8 Å². The summed E-state index contributed by atoms with van der Waals surface area (Å²) in [6.45, 7) is 9.57. The van der Waals surface area contributed by atoms with Crippen LogP contribution < -0.4 is 0 Å². The molecule has 5 nitrogen and oxygen atoms in total. The molecule has 0 aromatic heterocycles. The molecule has 0 spiro atoms. The van der Waals surface area contributed by atoms with E-state index in [2.05, 4.69) is 11.6 Å². The summed E-state index contributed by atoms with van der Waals surface area (Å²) in [6.07, 6.45) is 2.59. The van der Waals surface area contributed by atoms with Crippen molar-refractivity contribution in [3.8, 4) is 5.75 Å². The second-order valence-electron chi connectivity index (χ2n) is 8.02. The first-order valence-electron chi connectivity index (χ1n) is 9.11. The van der Waals surface area contributed by atoms with Gasteiger partial charge in [0.05, 0.1) is 0 Å². The lowest BCUT2D eigenvalue weighted by atomic mass is 9.67. The number of hydrogen-bond acceptors (Lipinski definition) is 5. The van der Waals surface area contributed by atoms with Gasteiger partial charge >= 0.3 is 5.97 Å². The van der Waals surface area contributed by atoms with Crippen molar-refractivity contribution in [1.29, 1.82) is 0 Å². The number of nitrogens with zero attached hydrogens (tertiary/aromatic N) is 1. The van der Waals surface area contributed by atoms with Crippen molar-refractivity contribution < 1.29 is 19.4 Å². The number of benzene rings is 1. The number of ether oxygens (including phenoxy) is 1. The van der Waals surface area contributed by atoms with Crippen molar-refractivity contribution >= 4 is 17.5 Å². The zero-order chi connectivity index (χ0) is 19.8. The Kier molecular flexibility index (Phi) is 5.05. The van der Waals surface area contributed by atoms with E-state index < -0.39 is 17.8 Å². The molecule has 0 fully saturated rings. The minimum absolute atomic E-state index is 0.00682. The van der Waals surface area contributed by atoms with Crippen LogP contribution in [0.5, 0.6) is 5.75 Å². The number of Topliss-reactive ketones (excluding diaryl/α,β-unsaturated/α-hetero) is 1. The first-order chi connectivity index (χ1) is 12.7. The number of carbonyl (C=O) groups excluding carboxylic acids is 2. The van der Waals surface area contributed by atoms with Gasteiger partial charge in [0, 0.05) is 29.3 Å². The highest BCUT2D eigenvalue weighted by Gasteiger charge is 2.46. The maximum atomic E-state index is 13.0. The fourth-order valence-corrected chi connectivity index (χ4v) is 4.06. The lowest BCUT2D eigenvalue weighted by Crippen LogP contribution is -2.39. The maximum Gasteiger partial charge on any atom is 0.315 e. The highest BCUT2D eigenvalue weighted by molar-refractivity contribution is 6.09. The van der Waals surface area contributed by atoms with Gasteiger partial charge in [-0.2, -0.15) is 0 Å². The third-order valence-electron chi connectivity index (χ3n) is 5.13. The van der Waals surface area contributed by atoms with Gasteiger partial charge in [-0.15, -0.1) is 0 Å². The van der Waals surface area contributed by atoms with E-state index in [1.54, 1.807) is 25.1 Å². The van der Waals surface area contributed by atoms with Crippen LogP contribution in [0.15, 0.2) is 53.2 Å². The average Bonchev–Trinajstić information content (AvgIpc) is 2.57. The topological polar surface area (TPSA) is 76.0 Å². The smallest absolute Gasteiger partial charge is 0.315 e. The van der Waals surface area contributed by atoms with Crippen LogP contribution in [0.25, 0.3) is 0 Å². The number of phenolic OH excluding ortho intramolecular Hbond substituents is 1. The molecule has 5 heteroatoms. The van der Waals surface area contributed by atoms with Gasteiger partial charge in [-0.1, -0.05) is 38.6 Å². The minimum atomic E-state index is -0.698. The predicted octanol–water partition coefficient (Wildman–Crippen LogP) is 3.94. The van der Waals surface area contributed by atoms with Gasteiger partial charge in [0.2, 0.25) is 0 Å². The summed E-state index contributed by atoms with van der Waals surface area (Å²) < 4.78 is 5.30.